The third kappa shape index (κ3) is 5.01. The summed E-state index contributed by atoms with van der Waals surface area (Å²) in [6.07, 6.45) is -5.36. The number of thioether (sulfide) groups is 1. The summed E-state index contributed by atoms with van der Waals surface area (Å²) in [6, 6.07) is 11.0. The van der Waals surface area contributed by atoms with Crippen molar-refractivity contribution in [2.75, 3.05) is 11.1 Å². The summed E-state index contributed by atoms with van der Waals surface area (Å²) < 4.78 is 47.9. The second-order valence-electron chi connectivity index (χ2n) is 7.43. The van der Waals surface area contributed by atoms with Crippen LogP contribution in [-0.2, 0) is 10.3 Å². The topological polar surface area (TPSA) is 92.4 Å². The summed E-state index contributed by atoms with van der Waals surface area (Å²) in [6.45, 7) is 1.86. The van der Waals surface area contributed by atoms with Gasteiger partial charge >= 0.3 is 6.18 Å². The molecule has 2 aromatic carbocycles. The molecule has 0 saturated carbocycles. The van der Waals surface area contributed by atoms with Crippen molar-refractivity contribution in [3.63, 3.8) is 0 Å². The largest absolute Gasteiger partial charge is 0.417 e. The van der Waals surface area contributed by atoms with Crippen molar-refractivity contribution in [2.24, 2.45) is 5.10 Å². The highest BCUT2D eigenvalue weighted by Gasteiger charge is 2.59. The van der Waals surface area contributed by atoms with Crippen LogP contribution in [0.5, 0.6) is 0 Å². The maximum atomic E-state index is 14.1. The Morgan fingerprint density at radius 1 is 1.21 bits per heavy atom. The second kappa shape index (κ2) is 9.47. The summed E-state index contributed by atoms with van der Waals surface area (Å²) >= 11 is 12.8. The maximum Gasteiger partial charge on any atom is 0.417 e. The lowest BCUT2D eigenvalue weighted by molar-refractivity contribution is -0.196. The molecule has 2 N–H and O–H groups in total. The number of anilines is 1. The van der Waals surface area contributed by atoms with Gasteiger partial charge < -0.3 is 9.73 Å². The lowest BCUT2D eigenvalue weighted by atomic mass is 9.85. The van der Waals surface area contributed by atoms with Gasteiger partial charge in [-0.2, -0.15) is 18.3 Å². The van der Waals surface area contributed by atoms with E-state index in [0.717, 1.165) is 17.3 Å². The van der Waals surface area contributed by atoms with E-state index in [-0.39, 0.29) is 44.1 Å². The average Bonchev–Trinajstić information content (AvgIpc) is 3.41. The molecule has 2 heterocycles. The van der Waals surface area contributed by atoms with Gasteiger partial charge in [0.1, 0.15) is 5.71 Å². The molecule has 3 aromatic rings. The Balaban J connectivity index is 1.45. The zero-order valence-electron chi connectivity index (χ0n) is 17.4. The van der Waals surface area contributed by atoms with E-state index in [1.54, 1.807) is 12.1 Å². The number of nitrogens with zero attached hydrogens (tertiary/aromatic N) is 3. The SMILES string of the molecule is Cc1ccccc1NC(=O)CSc1nnc(C2=NNC(c3cc(Cl)cc(Cl)c3)(C(F)(F)F)C2)o1. The first-order valence-electron chi connectivity index (χ1n) is 9.76. The summed E-state index contributed by atoms with van der Waals surface area (Å²) in [5.41, 5.74) is 0.904. The first kappa shape index (κ1) is 24.4. The maximum absolute atomic E-state index is 14.1. The molecular weight excluding hydrogens is 514 g/mol. The van der Waals surface area contributed by atoms with Gasteiger partial charge in [0.05, 0.1) is 5.75 Å². The van der Waals surface area contributed by atoms with Gasteiger partial charge in [-0.3, -0.25) is 10.2 Å². The highest BCUT2D eigenvalue weighted by molar-refractivity contribution is 7.99. The summed E-state index contributed by atoms with van der Waals surface area (Å²) in [7, 11) is 0. The molecule has 0 aliphatic carbocycles. The molecule has 0 radical (unpaired) electrons. The van der Waals surface area contributed by atoms with Gasteiger partial charge in [-0.15, -0.1) is 10.2 Å². The minimum Gasteiger partial charge on any atom is -0.410 e. The number of hydrazone groups is 1. The fourth-order valence-corrected chi connectivity index (χ4v) is 4.41. The normalized spacial score (nSPS) is 17.9. The van der Waals surface area contributed by atoms with Crippen LogP contribution in [0.15, 0.2) is 57.2 Å². The van der Waals surface area contributed by atoms with Crippen LogP contribution in [0.25, 0.3) is 0 Å². The summed E-state index contributed by atoms with van der Waals surface area (Å²) in [4.78, 5) is 12.2. The third-order valence-corrected chi connectivity index (χ3v) is 6.31. The van der Waals surface area contributed by atoms with E-state index in [9.17, 15) is 18.0 Å². The number of aromatic nitrogens is 2. The van der Waals surface area contributed by atoms with Crippen LogP contribution in [-0.4, -0.2) is 33.7 Å². The van der Waals surface area contributed by atoms with Crippen molar-refractivity contribution in [1.82, 2.24) is 15.6 Å². The number of aryl methyl sites for hydroxylation is 1. The highest BCUT2D eigenvalue weighted by Crippen LogP contribution is 2.46. The van der Waals surface area contributed by atoms with Gasteiger partial charge in [0.2, 0.25) is 5.91 Å². The number of amides is 1. The Labute approximate surface area is 206 Å². The van der Waals surface area contributed by atoms with E-state index in [2.05, 4.69) is 26.0 Å². The molecule has 1 atom stereocenters. The molecule has 4 rings (SSSR count). The minimum atomic E-state index is -4.74. The molecule has 7 nitrogen and oxygen atoms in total. The van der Waals surface area contributed by atoms with Crippen LogP contribution in [0.3, 0.4) is 0 Å². The van der Waals surface area contributed by atoms with E-state index in [1.165, 1.54) is 18.2 Å². The average molecular weight is 530 g/mol. The Kier molecular flexibility index (Phi) is 6.79. The van der Waals surface area contributed by atoms with Gasteiger partial charge in [0.15, 0.2) is 5.54 Å². The van der Waals surface area contributed by atoms with Crippen molar-refractivity contribution < 1.29 is 22.4 Å². The van der Waals surface area contributed by atoms with Crippen molar-refractivity contribution >= 4 is 52.3 Å². The Morgan fingerprint density at radius 2 is 1.91 bits per heavy atom. The molecule has 1 aliphatic heterocycles. The number of nitrogens with one attached hydrogen (secondary N) is 2. The molecule has 1 aromatic heterocycles. The van der Waals surface area contributed by atoms with Crippen molar-refractivity contribution in [3.8, 4) is 0 Å². The zero-order chi connectivity index (χ0) is 24.5. The molecular formula is C21H16Cl2F3N5O2S. The standard InChI is InChI=1S/C21H16Cl2F3N5O2S/c1-11-4-2-3-5-15(11)27-17(32)10-34-19-30-29-18(33-19)16-9-20(31-28-16,21(24,25)26)12-6-13(22)8-14(23)7-12/h2-8,31H,9-10H2,1H3,(H,27,32). The Morgan fingerprint density at radius 3 is 2.59 bits per heavy atom. The second-order valence-corrected chi connectivity index (χ2v) is 9.23. The molecule has 34 heavy (non-hydrogen) atoms. The monoisotopic (exact) mass is 529 g/mol. The quantitative estimate of drug-likeness (QED) is 0.405. The van der Waals surface area contributed by atoms with Crippen LogP contribution in [0.4, 0.5) is 18.9 Å². The van der Waals surface area contributed by atoms with Crippen LogP contribution in [0, 0.1) is 6.92 Å². The first-order valence-corrected chi connectivity index (χ1v) is 11.5. The molecule has 0 bridgehead atoms. The van der Waals surface area contributed by atoms with Gasteiger partial charge in [-0.25, -0.2) is 0 Å². The molecule has 13 heteroatoms. The van der Waals surface area contributed by atoms with Crippen molar-refractivity contribution in [3.05, 3.63) is 69.5 Å². The number of benzene rings is 2. The highest BCUT2D eigenvalue weighted by atomic mass is 35.5. The third-order valence-electron chi connectivity index (χ3n) is 5.05. The molecule has 1 unspecified atom stereocenters. The van der Waals surface area contributed by atoms with Crippen LogP contribution in [0.1, 0.15) is 23.4 Å². The van der Waals surface area contributed by atoms with Gasteiger partial charge in [-0.05, 0) is 42.3 Å². The van der Waals surface area contributed by atoms with Gasteiger partial charge in [0.25, 0.3) is 11.1 Å². The number of rotatable bonds is 6. The van der Waals surface area contributed by atoms with Crippen molar-refractivity contribution in [1.29, 1.82) is 0 Å². The summed E-state index contributed by atoms with van der Waals surface area (Å²) in [5.74, 6) is -0.518. The number of hydrogen-bond acceptors (Lipinski definition) is 7. The molecule has 0 saturated heterocycles. The number of carbonyl (C=O) groups excluding carboxylic acids is 1. The lowest BCUT2D eigenvalue weighted by Gasteiger charge is -2.31. The van der Waals surface area contributed by atoms with E-state index >= 15 is 0 Å². The van der Waals surface area contributed by atoms with Gasteiger partial charge in [-0.1, -0.05) is 53.2 Å². The number of hydrogen-bond donors (Lipinski definition) is 2. The van der Waals surface area contributed by atoms with Crippen LogP contribution in [0.2, 0.25) is 10.0 Å². The molecule has 1 aliphatic rings. The van der Waals surface area contributed by atoms with Crippen LogP contribution >= 0.6 is 35.0 Å². The predicted molar refractivity (Wildman–Crippen MR) is 123 cm³/mol. The number of carbonyl (C=O) groups is 1. The molecule has 1 amide bonds. The number of para-hydroxylation sites is 1. The van der Waals surface area contributed by atoms with E-state index < -0.39 is 18.1 Å². The van der Waals surface area contributed by atoms with Crippen LogP contribution < -0.4 is 10.7 Å². The fraction of sp³-hybridized carbons (Fsp3) is 0.238. The van der Waals surface area contributed by atoms with Gasteiger partial charge in [0, 0.05) is 22.2 Å². The van der Waals surface area contributed by atoms with E-state index in [0.29, 0.717) is 5.69 Å². The number of halogens is 5. The Bertz CT molecular complexity index is 1250. The first-order chi connectivity index (χ1) is 16.1. The van der Waals surface area contributed by atoms with Crippen molar-refractivity contribution in [2.45, 2.75) is 30.3 Å². The fourth-order valence-electron chi connectivity index (χ4n) is 3.32. The van der Waals surface area contributed by atoms with E-state index in [1.807, 2.05) is 19.1 Å². The predicted octanol–water partition coefficient (Wildman–Crippen LogP) is 5.57. The smallest absolute Gasteiger partial charge is 0.410 e. The minimum absolute atomic E-state index is 0.0212. The number of alkyl halides is 3. The summed E-state index contributed by atoms with van der Waals surface area (Å²) in [5, 5.41) is 14.3. The Hall–Kier alpha value is -2.76. The lowest BCUT2D eigenvalue weighted by Crippen LogP contribution is -2.49. The zero-order valence-corrected chi connectivity index (χ0v) is 19.7. The molecule has 178 valence electrons. The molecule has 0 spiro atoms. The molecule has 0 fully saturated rings. The van der Waals surface area contributed by atoms with E-state index in [4.69, 9.17) is 27.6 Å².